The molecule has 0 aliphatic heterocycles. The fourth-order valence-electron chi connectivity index (χ4n) is 2.55. The molecule has 0 amide bonds. The van der Waals surface area contributed by atoms with E-state index in [4.69, 9.17) is 0 Å². The van der Waals surface area contributed by atoms with E-state index < -0.39 is 0 Å². The Morgan fingerprint density at radius 2 is 1.60 bits per heavy atom. The Morgan fingerprint density at radius 3 is 1.93 bits per heavy atom. The molecule has 1 rings (SSSR count). The van der Waals surface area contributed by atoms with Crippen molar-refractivity contribution in [2.24, 2.45) is 16.7 Å². The van der Waals surface area contributed by atoms with Crippen LogP contribution in [0.25, 0.3) is 0 Å². The van der Waals surface area contributed by atoms with Gasteiger partial charge in [-0.05, 0) is 36.0 Å². The van der Waals surface area contributed by atoms with Crippen molar-refractivity contribution in [3.8, 4) is 0 Å². The third kappa shape index (κ3) is 4.57. The van der Waals surface area contributed by atoms with Gasteiger partial charge in [0.25, 0.3) is 0 Å². The van der Waals surface area contributed by atoms with Gasteiger partial charge in [0.05, 0.1) is 0 Å². The maximum absolute atomic E-state index is 2.48. The van der Waals surface area contributed by atoms with Gasteiger partial charge in [-0.3, -0.25) is 0 Å². The van der Waals surface area contributed by atoms with E-state index in [9.17, 15) is 0 Å². The van der Waals surface area contributed by atoms with Crippen LogP contribution in [-0.2, 0) is 0 Å². The quantitative estimate of drug-likeness (QED) is 0.566. The normalized spacial score (nSPS) is 30.2. The van der Waals surface area contributed by atoms with Gasteiger partial charge in [0, 0.05) is 0 Å². The molecule has 15 heavy (non-hydrogen) atoms. The molecule has 0 N–H and O–H groups in total. The molecule has 92 valence electrons. The molecule has 1 aliphatic rings. The van der Waals surface area contributed by atoms with Crippen molar-refractivity contribution in [1.29, 1.82) is 0 Å². The van der Waals surface area contributed by atoms with Crippen molar-refractivity contribution in [1.82, 2.24) is 0 Å². The lowest BCUT2D eigenvalue weighted by Gasteiger charge is -2.51. The number of unbranched alkanes of at least 4 members (excludes halogenated alkanes) is 1. The van der Waals surface area contributed by atoms with Gasteiger partial charge in [0.15, 0.2) is 0 Å². The van der Waals surface area contributed by atoms with Gasteiger partial charge in [-0.2, -0.15) is 0 Å². The van der Waals surface area contributed by atoms with Crippen LogP contribution in [0.5, 0.6) is 0 Å². The topological polar surface area (TPSA) is 0 Å². The molecule has 0 unspecified atom stereocenters. The molecule has 0 aromatic rings. The lowest BCUT2D eigenvalue weighted by atomic mass is 9.54. The minimum Gasteiger partial charge on any atom is -0.0683 e. The van der Waals surface area contributed by atoms with E-state index in [1.165, 1.54) is 32.1 Å². The van der Waals surface area contributed by atoms with Crippen LogP contribution >= 0.6 is 0 Å². The SMILES string of the molecule is CC.CCCCC1(C)CC(C(C)(C)C)C1. The van der Waals surface area contributed by atoms with E-state index in [0.29, 0.717) is 10.8 Å². The first-order chi connectivity index (χ1) is 6.87. The van der Waals surface area contributed by atoms with Crippen molar-refractivity contribution in [2.75, 3.05) is 0 Å². The largest absolute Gasteiger partial charge is 0.0683 e. The van der Waals surface area contributed by atoms with Crippen LogP contribution < -0.4 is 0 Å². The Morgan fingerprint density at radius 1 is 1.13 bits per heavy atom. The van der Waals surface area contributed by atoms with Gasteiger partial charge in [-0.15, -0.1) is 0 Å². The van der Waals surface area contributed by atoms with Gasteiger partial charge in [-0.25, -0.2) is 0 Å². The molecule has 0 bridgehead atoms. The highest BCUT2D eigenvalue weighted by Crippen LogP contribution is 2.55. The summed E-state index contributed by atoms with van der Waals surface area (Å²) >= 11 is 0. The van der Waals surface area contributed by atoms with E-state index in [0.717, 1.165) is 5.92 Å². The molecule has 0 atom stereocenters. The summed E-state index contributed by atoms with van der Waals surface area (Å²) in [5, 5.41) is 0. The molecule has 0 heterocycles. The molecule has 1 aliphatic carbocycles. The lowest BCUT2D eigenvalue weighted by Crippen LogP contribution is -2.41. The van der Waals surface area contributed by atoms with E-state index >= 15 is 0 Å². The van der Waals surface area contributed by atoms with Gasteiger partial charge in [-0.1, -0.05) is 61.3 Å². The van der Waals surface area contributed by atoms with Crippen LogP contribution in [0.15, 0.2) is 0 Å². The first-order valence-corrected chi connectivity index (χ1v) is 6.87. The summed E-state index contributed by atoms with van der Waals surface area (Å²) in [6.07, 6.45) is 7.17. The average Bonchev–Trinajstić information content (AvgIpc) is 2.12. The second-order valence-electron chi connectivity index (χ2n) is 6.39. The summed E-state index contributed by atoms with van der Waals surface area (Å²) < 4.78 is 0. The Balaban J connectivity index is 0.000000921. The third-order valence-electron chi connectivity index (χ3n) is 3.84. The number of hydrogen-bond donors (Lipinski definition) is 0. The highest BCUT2D eigenvalue weighted by atomic mass is 14.5. The van der Waals surface area contributed by atoms with Gasteiger partial charge in [0.2, 0.25) is 0 Å². The summed E-state index contributed by atoms with van der Waals surface area (Å²) in [6, 6.07) is 0. The molecule has 0 radical (unpaired) electrons. The van der Waals surface area contributed by atoms with E-state index in [1.807, 2.05) is 13.8 Å². The van der Waals surface area contributed by atoms with Crippen molar-refractivity contribution in [3.63, 3.8) is 0 Å². The van der Waals surface area contributed by atoms with Crippen molar-refractivity contribution in [2.45, 2.75) is 80.6 Å². The zero-order valence-electron chi connectivity index (χ0n) is 12.1. The summed E-state index contributed by atoms with van der Waals surface area (Å²) in [5.41, 5.74) is 1.25. The molecule has 0 heteroatoms. The molecular weight excluding hydrogens is 180 g/mol. The van der Waals surface area contributed by atoms with Crippen LogP contribution in [0.2, 0.25) is 0 Å². The zero-order chi connectivity index (χ0) is 12.1. The minimum atomic E-state index is 0.547. The van der Waals surface area contributed by atoms with Gasteiger partial charge in [0.1, 0.15) is 0 Å². The van der Waals surface area contributed by atoms with E-state index in [-0.39, 0.29) is 0 Å². The Hall–Kier alpha value is 0. The average molecular weight is 212 g/mol. The summed E-state index contributed by atoms with van der Waals surface area (Å²) in [6.45, 7) is 15.9. The Labute approximate surface area is 97.8 Å². The first-order valence-electron chi connectivity index (χ1n) is 6.87. The summed E-state index contributed by atoms with van der Waals surface area (Å²) in [5.74, 6) is 0.981. The third-order valence-corrected chi connectivity index (χ3v) is 3.84. The van der Waals surface area contributed by atoms with Gasteiger partial charge >= 0.3 is 0 Å². The first kappa shape index (κ1) is 15.0. The van der Waals surface area contributed by atoms with E-state index in [2.05, 4.69) is 34.6 Å². The van der Waals surface area contributed by atoms with Crippen LogP contribution in [0, 0.1) is 16.7 Å². The highest BCUT2D eigenvalue weighted by molar-refractivity contribution is 4.94. The molecule has 0 spiro atoms. The van der Waals surface area contributed by atoms with Crippen LogP contribution in [0.1, 0.15) is 80.6 Å². The molecular formula is C15H32. The second kappa shape index (κ2) is 5.92. The maximum atomic E-state index is 2.48. The monoisotopic (exact) mass is 212 g/mol. The highest BCUT2D eigenvalue weighted by Gasteiger charge is 2.44. The molecule has 1 saturated carbocycles. The smallest absolute Gasteiger partial charge is 0.0320 e. The molecule has 0 saturated heterocycles. The molecule has 1 fully saturated rings. The minimum absolute atomic E-state index is 0.547. The lowest BCUT2D eigenvalue weighted by molar-refractivity contribution is -0.00699. The van der Waals surface area contributed by atoms with Crippen LogP contribution in [0.3, 0.4) is 0 Å². The number of rotatable bonds is 3. The second-order valence-corrected chi connectivity index (χ2v) is 6.39. The van der Waals surface area contributed by atoms with Crippen LogP contribution in [0.4, 0.5) is 0 Å². The summed E-state index contributed by atoms with van der Waals surface area (Å²) in [4.78, 5) is 0. The predicted molar refractivity (Wildman–Crippen MR) is 71.2 cm³/mol. The van der Waals surface area contributed by atoms with E-state index in [1.54, 1.807) is 0 Å². The molecule has 0 nitrogen and oxygen atoms in total. The Bertz CT molecular complexity index is 155. The van der Waals surface area contributed by atoms with Crippen molar-refractivity contribution < 1.29 is 0 Å². The predicted octanol–water partition coefficient (Wildman–Crippen LogP) is 5.67. The Kier molecular flexibility index (Phi) is 5.92. The fourth-order valence-corrected chi connectivity index (χ4v) is 2.55. The van der Waals surface area contributed by atoms with Crippen molar-refractivity contribution in [3.05, 3.63) is 0 Å². The molecule has 0 aromatic heterocycles. The molecule has 0 aromatic carbocycles. The maximum Gasteiger partial charge on any atom is -0.0320 e. The summed E-state index contributed by atoms with van der Waals surface area (Å²) in [7, 11) is 0. The fraction of sp³-hybridized carbons (Fsp3) is 1.00. The standard InChI is InChI=1S/C13H26.C2H6/c1-6-7-8-13(5)9-11(10-13)12(2,3)4;1-2/h11H,6-10H2,1-5H3;1-2H3. The number of hydrogen-bond acceptors (Lipinski definition) is 0. The van der Waals surface area contributed by atoms with Crippen molar-refractivity contribution >= 4 is 0 Å². The zero-order valence-corrected chi connectivity index (χ0v) is 12.1. The van der Waals surface area contributed by atoms with Gasteiger partial charge < -0.3 is 0 Å². The van der Waals surface area contributed by atoms with Crippen LogP contribution in [-0.4, -0.2) is 0 Å².